The van der Waals surface area contributed by atoms with Gasteiger partial charge in [-0.25, -0.2) is 0 Å². The van der Waals surface area contributed by atoms with Gasteiger partial charge in [-0.3, -0.25) is 9.59 Å². The third-order valence-electron chi connectivity index (χ3n) is 4.24. The van der Waals surface area contributed by atoms with Gasteiger partial charge < -0.3 is 15.1 Å². The number of likely N-dealkylation sites (N-methyl/N-ethyl adjacent to an activating group) is 1. The molecule has 0 bridgehead atoms. The zero-order valence-electron chi connectivity index (χ0n) is 12.9. The molecular weight excluding hydrogens is 254 g/mol. The Morgan fingerprint density at radius 1 is 1.30 bits per heavy atom. The monoisotopic (exact) mass is 281 g/mol. The molecule has 0 aromatic rings. The minimum absolute atomic E-state index is 0.00987. The summed E-state index contributed by atoms with van der Waals surface area (Å²) >= 11 is 0. The predicted octanol–water partition coefficient (Wildman–Crippen LogP) is 0.844. The molecule has 5 nitrogen and oxygen atoms in total. The maximum atomic E-state index is 12.7. The van der Waals surface area contributed by atoms with Crippen LogP contribution in [0.15, 0.2) is 0 Å². The molecule has 114 valence electrons. The summed E-state index contributed by atoms with van der Waals surface area (Å²) in [5, 5.41) is 2.90. The predicted molar refractivity (Wildman–Crippen MR) is 78.2 cm³/mol. The Balaban J connectivity index is 2.10. The Bertz CT molecular complexity index is 370. The van der Waals surface area contributed by atoms with Gasteiger partial charge in [0.25, 0.3) is 0 Å². The maximum Gasteiger partial charge on any atom is 0.245 e. The van der Waals surface area contributed by atoms with Crippen molar-refractivity contribution in [1.29, 1.82) is 0 Å². The first-order valence-corrected chi connectivity index (χ1v) is 7.75. The molecule has 2 rings (SSSR count). The number of piperidine rings is 1. The summed E-state index contributed by atoms with van der Waals surface area (Å²) in [5.74, 6) is 0.527. The van der Waals surface area contributed by atoms with Gasteiger partial charge in [-0.15, -0.1) is 0 Å². The van der Waals surface area contributed by atoms with Crippen molar-refractivity contribution in [1.82, 2.24) is 15.1 Å². The smallest absolute Gasteiger partial charge is 0.245 e. The Morgan fingerprint density at radius 2 is 2.05 bits per heavy atom. The number of nitrogens with one attached hydrogen (secondary N) is 1. The Kier molecular flexibility index (Phi) is 5.02. The van der Waals surface area contributed by atoms with Gasteiger partial charge in [0.2, 0.25) is 11.8 Å². The van der Waals surface area contributed by atoms with E-state index < -0.39 is 0 Å². The van der Waals surface area contributed by atoms with E-state index in [2.05, 4.69) is 31.1 Å². The summed E-state index contributed by atoms with van der Waals surface area (Å²) in [7, 11) is 2.10. The summed E-state index contributed by atoms with van der Waals surface area (Å²) in [6.45, 7) is 6.77. The van der Waals surface area contributed by atoms with E-state index in [0.717, 1.165) is 32.4 Å². The van der Waals surface area contributed by atoms with E-state index in [1.165, 1.54) is 0 Å². The topological polar surface area (TPSA) is 52.7 Å². The van der Waals surface area contributed by atoms with Crippen molar-refractivity contribution >= 4 is 11.8 Å². The zero-order valence-corrected chi connectivity index (χ0v) is 12.9. The number of nitrogens with zero attached hydrogens (tertiary/aromatic N) is 2. The molecule has 2 fully saturated rings. The van der Waals surface area contributed by atoms with Gasteiger partial charge in [-0.1, -0.05) is 13.8 Å². The first-order valence-electron chi connectivity index (χ1n) is 7.75. The average molecular weight is 281 g/mol. The molecule has 0 aromatic heterocycles. The Hall–Kier alpha value is -1.10. The van der Waals surface area contributed by atoms with Crippen LogP contribution in [-0.4, -0.2) is 60.4 Å². The maximum absolute atomic E-state index is 12.7. The fraction of sp³-hybridized carbons (Fsp3) is 0.867. The highest BCUT2D eigenvalue weighted by atomic mass is 16.2. The molecule has 2 atom stereocenters. The van der Waals surface area contributed by atoms with Crippen molar-refractivity contribution in [3.63, 3.8) is 0 Å². The lowest BCUT2D eigenvalue weighted by molar-refractivity contribution is -0.137. The van der Waals surface area contributed by atoms with Crippen LogP contribution in [0.3, 0.4) is 0 Å². The number of hydrogen-bond acceptors (Lipinski definition) is 3. The minimum Gasteiger partial charge on any atom is -0.344 e. The van der Waals surface area contributed by atoms with Crippen LogP contribution < -0.4 is 5.32 Å². The van der Waals surface area contributed by atoms with Gasteiger partial charge in [0.15, 0.2) is 0 Å². The molecule has 0 spiro atoms. The summed E-state index contributed by atoms with van der Waals surface area (Å²) in [6.07, 6.45) is 3.34. The van der Waals surface area contributed by atoms with Gasteiger partial charge in [-0.05, 0) is 38.8 Å². The van der Waals surface area contributed by atoms with E-state index in [0.29, 0.717) is 18.9 Å². The number of rotatable bonds is 3. The summed E-state index contributed by atoms with van der Waals surface area (Å²) in [4.78, 5) is 28.8. The first kappa shape index (κ1) is 15.3. The number of carbonyl (C=O) groups is 2. The van der Waals surface area contributed by atoms with Crippen LogP contribution in [-0.2, 0) is 9.59 Å². The lowest BCUT2D eigenvalue weighted by Gasteiger charge is -2.38. The lowest BCUT2D eigenvalue weighted by atomic mass is 10.00. The third kappa shape index (κ3) is 3.72. The van der Waals surface area contributed by atoms with Crippen LogP contribution in [0.1, 0.15) is 39.5 Å². The molecule has 1 N–H and O–H groups in total. The Morgan fingerprint density at radius 3 is 2.70 bits per heavy atom. The van der Waals surface area contributed by atoms with E-state index in [1.54, 1.807) is 0 Å². The summed E-state index contributed by atoms with van der Waals surface area (Å²) < 4.78 is 0. The van der Waals surface area contributed by atoms with E-state index in [9.17, 15) is 9.59 Å². The van der Waals surface area contributed by atoms with Crippen molar-refractivity contribution < 1.29 is 9.59 Å². The van der Waals surface area contributed by atoms with Crippen LogP contribution >= 0.6 is 0 Å². The fourth-order valence-corrected chi connectivity index (χ4v) is 3.25. The number of amides is 2. The van der Waals surface area contributed by atoms with Crippen molar-refractivity contribution in [2.45, 2.75) is 51.6 Å². The molecule has 0 radical (unpaired) electrons. The van der Waals surface area contributed by atoms with Crippen LogP contribution in [0.2, 0.25) is 0 Å². The molecule has 5 heteroatoms. The second kappa shape index (κ2) is 6.57. The van der Waals surface area contributed by atoms with E-state index in [1.807, 2.05) is 4.90 Å². The van der Waals surface area contributed by atoms with E-state index >= 15 is 0 Å². The zero-order chi connectivity index (χ0) is 14.7. The van der Waals surface area contributed by atoms with Crippen LogP contribution in [0.5, 0.6) is 0 Å². The lowest BCUT2D eigenvalue weighted by Crippen LogP contribution is -2.53. The average Bonchev–Trinajstić information content (AvgIpc) is 2.49. The quantitative estimate of drug-likeness (QED) is 0.834. The summed E-state index contributed by atoms with van der Waals surface area (Å²) in [5.41, 5.74) is 0. The van der Waals surface area contributed by atoms with Crippen molar-refractivity contribution in [3.05, 3.63) is 0 Å². The molecule has 2 unspecified atom stereocenters. The number of likely N-dealkylation sites (tertiary alicyclic amines) is 1. The molecule has 2 saturated heterocycles. The van der Waals surface area contributed by atoms with Gasteiger partial charge in [-0.2, -0.15) is 0 Å². The van der Waals surface area contributed by atoms with E-state index in [-0.39, 0.29) is 23.9 Å². The minimum atomic E-state index is -0.336. The highest BCUT2D eigenvalue weighted by Gasteiger charge is 2.35. The largest absolute Gasteiger partial charge is 0.344 e. The van der Waals surface area contributed by atoms with Crippen LogP contribution in [0, 0.1) is 5.92 Å². The standard InChI is InChI=1S/C15H27N3O2/c1-11(2)9-13-15(20)18(8-6-14(19)16-13)12-5-4-7-17(3)10-12/h11-13H,4-10H2,1-3H3,(H,16,19). The first-order chi connectivity index (χ1) is 9.47. The molecule has 2 heterocycles. The van der Waals surface area contributed by atoms with Crippen molar-refractivity contribution in [2.24, 2.45) is 5.92 Å². The molecule has 0 aromatic carbocycles. The number of hydrogen-bond donors (Lipinski definition) is 1. The van der Waals surface area contributed by atoms with Gasteiger partial charge >= 0.3 is 0 Å². The SMILES string of the molecule is CC(C)CC1NC(=O)CCN(C2CCCN(C)C2)C1=O. The normalized spacial score (nSPS) is 29.5. The van der Waals surface area contributed by atoms with Gasteiger partial charge in [0, 0.05) is 25.6 Å². The molecule has 2 aliphatic rings. The van der Waals surface area contributed by atoms with E-state index in [4.69, 9.17) is 0 Å². The second-order valence-corrected chi connectivity index (χ2v) is 6.59. The molecule has 0 aliphatic carbocycles. The highest BCUT2D eigenvalue weighted by molar-refractivity contribution is 5.90. The van der Waals surface area contributed by atoms with Crippen LogP contribution in [0.4, 0.5) is 0 Å². The highest BCUT2D eigenvalue weighted by Crippen LogP contribution is 2.19. The number of carbonyl (C=O) groups excluding carboxylic acids is 2. The molecule has 2 aliphatic heterocycles. The molecule has 0 saturated carbocycles. The van der Waals surface area contributed by atoms with Crippen molar-refractivity contribution in [3.8, 4) is 0 Å². The fourth-order valence-electron chi connectivity index (χ4n) is 3.25. The van der Waals surface area contributed by atoms with Crippen LogP contribution in [0.25, 0.3) is 0 Å². The summed E-state index contributed by atoms with van der Waals surface area (Å²) in [6, 6.07) is -0.0687. The second-order valence-electron chi connectivity index (χ2n) is 6.59. The molecular formula is C15H27N3O2. The molecule has 20 heavy (non-hydrogen) atoms. The van der Waals surface area contributed by atoms with Gasteiger partial charge in [0.1, 0.15) is 6.04 Å². The Labute approximate surface area is 121 Å². The third-order valence-corrected chi connectivity index (χ3v) is 4.24. The molecule has 2 amide bonds. The van der Waals surface area contributed by atoms with Gasteiger partial charge in [0.05, 0.1) is 0 Å². The van der Waals surface area contributed by atoms with Crippen molar-refractivity contribution in [2.75, 3.05) is 26.7 Å².